The predicted octanol–water partition coefficient (Wildman–Crippen LogP) is 2.18. The normalized spacial score (nSPS) is 14.2. The van der Waals surface area contributed by atoms with Crippen LogP contribution < -0.4 is 5.32 Å². The van der Waals surface area contributed by atoms with E-state index in [2.05, 4.69) is 10.4 Å². The summed E-state index contributed by atoms with van der Waals surface area (Å²) in [5.41, 5.74) is 0.644. The molecule has 8 heteroatoms. The number of carbonyl (C=O) groups is 1. The van der Waals surface area contributed by atoms with Crippen LogP contribution in [-0.2, 0) is 11.5 Å². The van der Waals surface area contributed by atoms with E-state index in [9.17, 15) is 9.18 Å². The Labute approximate surface area is 137 Å². The van der Waals surface area contributed by atoms with Crippen LogP contribution in [0, 0.1) is 10.7 Å². The number of rotatable bonds is 6. The molecule has 2 aromatic rings. The third kappa shape index (κ3) is 4.23. The molecule has 1 N–H and O–H groups in total. The number of aromatic nitrogens is 2. The van der Waals surface area contributed by atoms with E-state index in [-0.39, 0.29) is 23.1 Å². The Morgan fingerprint density at radius 1 is 1.48 bits per heavy atom. The van der Waals surface area contributed by atoms with E-state index in [4.69, 9.17) is 16.6 Å². The third-order valence-electron chi connectivity index (χ3n) is 3.43. The van der Waals surface area contributed by atoms with Gasteiger partial charge in [0.25, 0.3) is 4.84 Å². The Morgan fingerprint density at radius 3 is 2.83 bits per heavy atom. The largest absolute Gasteiger partial charge is 0.409 e. The van der Waals surface area contributed by atoms with Gasteiger partial charge in [-0.3, -0.25) is 9.69 Å². The van der Waals surface area contributed by atoms with Gasteiger partial charge < -0.3 is 9.73 Å². The number of carbonyl (C=O) groups excluding carboxylic acids is 1. The minimum absolute atomic E-state index is 0.0104. The molecule has 1 aliphatic carbocycles. The van der Waals surface area contributed by atoms with Gasteiger partial charge in [-0.05, 0) is 56.4 Å². The summed E-state index contributed by atoms with van der Waals surface area (Å²) < 4.78 is 19.9. The Balaban J connectivity index is 1.64. The molecule has 1 saturated carbocycles. The summed E-state index contributed by atoms with van der Waals surface area (Å²) in [6, 6.07) is 6.16. The molecule has 23 heavy (non-hydrogen) atoms. The molecule has 0 spiro atoms. The smallest absolute Gasteiger partial charge is 0.288 e. The summed E-state index contributed by atoms with van der Waals surface area (Å²) in [6.07, 6.45) is 2.12. The number of nitrogens with one attached hydrogen (secondary N) is 1. The van der Waals surface area contributed by atoms with Crippen LogP contribution in [0.5, 0.6) is 0 Å². The maximum Gasteiger partial charge on any atom is 0.288 e. The van der Waals surface area contributed by atoms with Crippen LogP contribution in [0.15, 0.2) is 28.7 Å². The molecule has 0 atom stereocenters. The summed E-state index contributed by atoms with van der Waals surface area (Å²) in [4.78, 5) is 13.8. The number of amides is 1. The summed E-state index contributed by atoms with van der Waals surface area (Å²) >= 11 is 5.14. The maximum atomic E-state index is 13.0. The summed E-state index contributed by atoms with van der Waals surface area (Å²) in [5.74, 6) is -0.0113. The van der Waals surface area contributed by atoms with Crippen LogP contribution >= 0.6 is 12.2 Å². The Bertz CT molecular complexity index is 752. The van der Waals surface area contributed by atoms with E-state index in [1.165, 1.54) is 16.8 Å². The molecule has 6 nitrogen and oxygen atoms in total. The molecule has 1 aliphatic rings. The second-order valence-corrected chi connectivity index (χ2v) is 6.03. The Kier molecular flexibility index (Phi) is 4.53. The molecular weight excluding hydrogens is 319 g/mol. The highest BCUT2D eigenvalue weighted by molar-refractivity contribution is 7.71. The molecule has 3 rings (SSSR count). The van der Waals surface area contributed by atoms with Crippen molar-refractivity contribution in [1.29, 1.82) is 0 Å². The zero-order chi connectivity index (χ0) is 16.4. The van der Waals surface area contributed by atoms with Gasteiger partial charge in [0.1, 0.15) is 5.82 Å². The highest BCUT2D eigenvalue weighted by Gasteiger charge is 2.23. The van der Waals surface area contributed by atoms with Crippen LogP contribution in [0.25, 0.3) is 11.5 Å². The average Bonchev–Trinajstić information content (AvgIpc) is 3.23. The van der Waals surface area contributed by atoms with Gasteiger partial charge in [-0.25, -0.2) is 9.07 Å². The fourth-order valence-corrected chi connectivity index (χ4v) is 2.31. The lowest BCUT2D eigenvalue weighted by Crippen LogP contribution is -2.37. The number of hydrogen-bond acceptors (Lipinski definition) is 5. The first-order chi connectivity index (χ1) is 11.0. The number of nitrogens with zero attached hydrogens (tertiary/aromatic N) is 3. The Morgan fingerprint density at radius 2 is 2.17 bits per heavy atom. The molecule has 0 aliphatic heterocycles. The molecule has 0 unspecified atom stereocenters. The predicted molar refractivity (Wildman–Crippen MR) is 84.5 cm³/mol. The van der Waals surface area contributed by atoms with E-state index in [1.54, 1.807) is 24.1 Å². The van der Waals surface area contributed by atoms with Crippen LogP contribution in [0.1, 0.15) is 12.8 Å². The van der Waals surface area contributed by atoms with Gasteiger partial charge in [-0.2, -0.15) is 0 Å². The van der Waals surface area contributed by atoms with Crippen molar-refractivity contribution in [3.8, 4) is 11.5 Å². The number of benzene rings is 1. The van der Waals surface area contributed by atoms with Crippen LogP contribution in [0.3, 0.4) is 0 Å². The van der Waals surface area contributed by atoms with Crippen molar-refractivity contribution in [2.24, 2.45) is 0 Å². The fraction of sp³-hybridized carbons (Fsp3) is 0.400. The molecule has 1 aromatic carbocycles. The SMILES string of the molecule is CN(CC(=O)NC1CC1)Cn1nc(-c2ccc(F)cc2)oc1=S. The average molecular weight is 336 g/mol. The first-order valence-corrected chi connectivity index (χ1v) is 7.74. The first kappa shape index (κ1) is 15.8. The zero-order valence-corrected chi connectivity index (χ0v) is 13.5. The monoisotopic (exact) mass is 336 g/mol. The van der Waals surface area contributed by atoms with Gasteiger partial charge in [0.05, 0.1) is 13.2 Å². The fourth-order valence-electron chi connectivity index (χ4n) is 2.13. The lowest BCUT2D eigenvalue weighted by atomic mass is 10.2. The van der Waals surface area contributed by atoms with Crippen molar-refractivity contribution in [3.63, 3.8) is 0 Å². The topological polar surface area (TPSA) is 63.3 Å². The minimum atomic E-state index is -0.326. The van der Waals surface area contributed by atoms with Crippen molar-refractivity contribution < 1.29 is 13.6 Å². The quantitative estimate of drug-likeness (QED) is 0.819. The lowest BCUT2D eigenvalue weighted by molar-refractivity contribution is -0.122. The second kappa shape index (κ2) is 6.59. The van der Waals surface area contributed by atoms with Gasteiger partial charge in [0, 0.05) is 11.6 Å². The lowest BCUT2D eigenvalue weighted by Gasteiger charge is -2.15. The van der Waals surface area contributed by atoms with E-state index in [1.807, 2.05) is 0 Å². The van der Waals surface area contributed by atoms with Gasteiger partial charge in [0.2, 0.25) is 11.8 Å². The van der Waals surface area contributed by atoms with Gasteiger partial charge >= 0.3 is 0 Å². The van der Waals surface area contributed by atoms with Crippen LogP contribution in [0.4, 0.5) is 4.39 Å². The van der Waals surface area contributed by atoms with Gasteiger partial charge in [0.15, 0.2) is 0 Å². The summed E-state index contributed by atoms with van der Waals surface area (Å²) in [6.45, 7) is 0.596. The first-order valence-electron chi connectivity index (χ1n) is 7.33. The van der Waals surface area contributed by atoms with Crippen molar-refractivity contribution in [1.82, 2.24) is 20.0 Å². The molecule has 0 bridgehead atoms. The van der Waals surface area contributed by atoms with Crippen LogP contribution in [0.2, 0.25) is 0 Å². The van der Waals surface area contributed by atoms with Crippen molar-refractivity contribution in [2.45, 2.75) is 25.6 Å². The zero-order valence-electron chi connectivity index (χ0n) is 12.7. The Hall–Kier alpha value is -2.06. The van der Waals surface area contributed by atoms with E-state index >= 15 is 0 Å². The van der Waals surface area contributed by atoms with Crippen molar-refractivity contribution >= 4 is 18.1 Å². The van der Waals surface area contributed by atoms with Crippen molar-refractivity contribution in [2.75, 3.05) is 13.6 Å². The molecule has 1 aromatic heterocycles. The van der Waals surface area contributed by atoms with E-state index < -0.39 is 0 Å². The van der Waals surface area contributed by atoms with E-state index in [0.29, 0.717) is 24.2 Å². The highest BCUT2D eigenvalue weighted by atomic mass is 32.1. The molecule has 1 heterocycles. The van der Waals surface area contributed by atoms with Gasteiger partial charge in [-0.15, -0.1) is 5.10 Å². The molecular formula is C15H17FN4O2S. The van der Waals surface area contributed by atoms with Gasteiger partial charge in [-0.1, -0.05) is 0 Å². The molecule has 0 radical (unpaired) electrons. The summed E-state index contributed by atoms with van der Waals surface area (Å²) in [5, 5.41) is 7.21. The molecule has 0 saturated heterocycles. The van der Waals surface area contributed by atoms with E-state index in [0.717, 1.165) is 12.8 Å². The molecule has 1 fully saturated rings. The minimum Gasteiger partial charge on any atom is -0.409 e. The standard InChI is InChI=1S/C15H17FN4O2S/c1-19(8-13(21)17-12-6-7-12)9-20-15(23)22-14(18-20)10-2-4-11(16)5-3-10/h2-5,12H,6-9H2,1H3,(H,17,21). The number of halogens is 1. The van der Waals surface area contributed by atoms with Crippen LogP contribution in [-0.4, -0.2) is 40.2 Å². The second-order valence-electron chi connectivity index (χ2n) is 5.68. The number of hydrogen-bond donors (Lipinski definition) is 1. The van der Waals surface area contributed by atoms with Crippen molar-refractivity contribution in [3.05, 3.63) is 34.9 Å². The highest BCUT2D eigenvalue weighted by Crippen LogP contribution is 2.19. The molecule has 122 valence electrons. The third-order valence-corrected chi connectivity index (χ3v) is 3.72. The molecule has 1 amide bonds. The summed E-state index contributed by atoms with van der Waals surface area (Å²) in [7, 11) is 1.81. The number of likely N-dealkylation sites (N-methyl/N-ethyl adjacent to an activating group) is 1. The maximum absolute atomic E-state index is 13.0.